The monoisotopic (exact) mass is 446 g/mol. The van der Waals surface area contributed by atoms with Crippen LogP contribution in [0.15, 0.2) is 54.7 Å². The lowest BCUT2D eigenvalue weighted by Gasteiger charge is -2.31. The lowest BCUT2D eigenvalue weighted by atomic mass is 10.0. The average molecular weight is 447 g/mol. The van der Waals surface area contributed by atoms with Crippen molar-refractivity contribution in [1.29, 1.82) is 0 Å². The number of piperidine rings is 1. The molecule has 2 aromatic carbocycles. The molecule has 1 aromatic heterocycles. The molecule has 3 aromatic rings. The number of nitrogens with zero attached hydrogens (tertiary/aromatic N) is 3. The van der Waals surface area contributed by atoms with Crippen LogP contribution >= 0.6 is 0 Å². The van der Waals surface area contributed by atoms with Crippen molar-refractivity contribution in [2.75, 3.05) is 20.2 Å². The summed E-state index contributed by atoms with van der Waals surface area (Å²) in [6, 6.07) is 16.2. The third-order valence-electron chi connectivity index (χ3n) is 6.22. The number of para-hydroxylation sites is 1. The van der Waals surface area contributed by atoms with Crippen LogP contribution in [0, 0.1) is 6.92 Å². The van der Waals surface area contributed by atoms with Crippen molar-refractivity contribution >= 4 is 12.0 Å². The molecule has 0 bridgehead atoms. The molecule has 0 radical (unpaired) electrons. The van der Waals surface area contributed by atoms with Crippen LogP contribution in [-0.4, -0.2) is 52.9 Å². The quantitative estimate of drug-likeness (QED) is 0.631. The van der Waals surface area contributed by atoms with Crippen LogP contribution < -0.4 is 5.32 Å². The molecule has 172 valence electrons. The topological polar surface area (TPSA) is 76.5 Å². The van der Waals surface area contributed by atoms with Crippen molar-refractivity contribution in [3.05, 3.63) is 71.4 Å². The summed E-state index contributed by atoms with van der Waals surface area (Å²) >= 11 is 0. The van der Waals surface area contributed by atoms with Crippen molar-refractivity contribution in [3.8, 4) is 16.9 Å². The SMILES string of the molecule is CCc1ccc(-c2nn(-c3ccccc3C)cc2C(=O)NC2CCN(C(=O)OC)CC2)cc1. The second-order valence-electron chi connectivity index (χ2n) is 8.38. The second-order valence-corrected chi connectivity index (χ2v) is 8.38. The highest BCUT2D eigenvalue weighted by Crippen LogP contribution is 2.26. The maximum Gasteiger partial charge on any atom is 0.409 e. The zero-order valence-corrected chi connectivity index (χ0v) is 19.4. The first-order chi connectivity index (χ1) is 16.0. The van der Waals surface area contributed by atoms with E-state index < -0.39 is 0 Å². The molecule has 4 rings (SSSR count). The summed E-state index contributed by atoms with van der Waals surface area (Å²) < 4.78 is 6.58. The summed E-state index contributed by atoms with van der Waals surface area (Å²) in [5, 5.41) is 7.97. The van der Waals surface area contributed by atoms with E-state index in [2.05, 4.69) is 24.4 Å². The number of nitrogens with one attached hydrogen (secondary N) is 1. The van der Waals surface area contributed by atoms with E-state index in [1.165, 1.54) is 12.7 Å². The summed E-state index contributed by atoms with van der Waals surface area (Å²) in [6.07, 6.45) is 3.82. The van der Waals surface area contributed by atoms with E-state index in [1.54, 1.807) is 9.58 Å². The molecule has 1 saturated heterocycles. The fourth-order valence-electron chi connectivity index (χ4n) is 4.19. The van der Waals surface area contributed by atoms with E-state index in [9.17, 15) is 9.59 Å². The van der Waals surface area contributed by atoms with Gasteiger partial charge in [-0.1, -0.05) is 49.4 Å². The smallest absolute Gasteiger partial charge is 0.409 e. The summed E-state index contributed by atoms with van der Waals surface area (Å²) in [6.45, 7) is 5.27. The van der Waals surface area contributed by atoms with Gasteiger partial charge in [0.25, 0.3) is 5.91 Å². The van der Waals surface area contributed by atoms with Crippen molar-refractivity contribution in [2.45, 2.75) is 39.2 Å². The number of methoxy groups -OCH3 is 1. The lowest BCUT2D eigenvalue weighted by molar-refractivity contribution is 0.0893. The number of rotatable bonds is 5. The van der Waals surface area contributed by atoms with Gasteiger partial charge in [0.15, 0.2) is 0 Å². The molecule has 2 heterocycles. The van der Waals surface area contributed by atoms with Crippen LogP contribution in [0.1, 0.15) is 41.3 Å². The average Bonchev–Trinajstić information content (AvgIpc) is 3.30. The van der Waals surface area contributed by atoms with E-state index in [0.717, 1.165) is 23.2 Å². The normalized spacial score (nSPS) is 14.2. The third-order valence-corrected chi connectivity index (χ3v) is 6.22. The molecular weight excluding hydrogens is 416 g/mol. The molecule has 0 atom stereocenters. The van der Waals surface area contributed by atoms with Gasteiger partial charge in [-0.05, 0) is 43.4 Å². The van der Waals surface area contributed by atoms with Crippen LogP contribution in [0.5, 0.6) is 0 Å². The maximum absolute atomic E-state index is 13.4. The van der Waals surface area contributed by atoms with E-state index >= 15 is 0 Å². The van der Waals surface area contributed by atoms with E-state index in [0.29, 0.717) is 37.2 Å². The van der Waals surface area contributed by atoms with Gasteiger partial charge in [0.2, 0.25) is 0 Å². The van der Waals surface area contributed by atoms with Gasteiger partial charge in [-0.2, -0.15) is 5.10 Å². The van der Waals surface area contributed by atoms with Crippen LogP contribution in [0.4, 0.5) is 4.79 Å². The number of likely N-dealkylation sites (tertiary alicyclic amines) is 1. The third kappa shape index (κ3) is 4.92. The molecule has 1 fully saturated rings. The molecule has 7 nitrogen and oxygen atoms in total. The van der Waals surface area contributed by atoms with Crippen molar-refractivity contribution in [2.24, 2.45) is 0 Å². The zero-order chi connectivity index (χ0) is 23.4. The molecular formula is C26H30N4O3. The number of amides is 2. The summed E-state index contributed by atoms with van der Waals surface area (Å²) in [5.74, 6) is -0.152. The Balaban J connectivity index is 1.61. The Morgan fingerprint density at radius 3 is 2.42 bits per heavy atom. The maximum atomic E-state index is 13.4. The summed E-state index contributed by atoms with van der Waals surface area (Å²) in [5.41, 5.74) is 5.36. The lowest BCUT2D eigenvalue weighted by Crippen LogP contribution is -2.46. The van der Waals surface area contributed by atoms with Crippen molar-refractivity contribution < 1.29 is 14.3 Å². The Hall–Kier alpha value is -3.61. The molecule has 2 amide bonds. The molecule has 33 heavy (non-hydrogen) atoms. The molecule has 0 aliphatic carbocycles. The first-order valence-corrected chi connectivity index (χ1v) is 11.4. The van der Waals surface area contributed by atoms with Gasteiger partial charge in [-0.15, -0.1) is 0 Å². The Morgan fingerprint density at radius 2 is 1.79 bits per heavy atom. The largest absolute Gasteiger partial charge is 0.453 e. The predicted molar refractivity (Wildman–Crippen MR) is 128 cm³/mol. The van der Waals surface area contributed by atoms with Gasteiger partial charge in [0.1, 0.15) is 5.69 Å². The summed E-state index contributed by atoms with van der Waals surface area (Å²) in [4.78, 5) is 26.8. The van der Waals surface area contributed by atoms with Crippen molar-refractivity contribution in [1.82, 2.24) is 20.0 Å². The molecule has 0 spiro atoms. The highest BCUT2D eigenvalue weighted by molar-refractivity contribution is 6.00. The van der Waals surface area contributed by atoms with Crippen molar-refractivity contribution in [3.63, 3.8) is 0 Å². The number of hydrogen-bond acceptors (Lipinski definition) is 4. The first-order valence-electron chi connectivity index (χ1n) is 11.4. The standard InChI is InChI=1S/C26H30N4O3/c1-4-19-9-11-20(12-10-19)24-22(17-30(28-24)23-8-6-5-7-18(23)2)25(31)27-21-13-15-29(16-14-21)26(32)33-3/h5-12,17,21H,4,13-16H2,1-3H3,(H,27,31). The van der Waals surface area contributed by atoms with Gasteiger partial charge in [-0.3, -0.25) is 4.79 Å². The van der Waals surface area contributed by atoms with Crippen LogP contribution in [0.2, 0.25) is 0 Å². The van der Waals surface area contributed by atoms with Gasteiger partial charge in [-0.25, -0.2) is 9.48 Å². The number of ether oxygens (including phenoxy) is 1. The predicted octanol–water partition coefficient (Wildman–Crippen LogP) is 4.37. The van der Waals surface area contributed by atoms with Gasteiger partial charge in [0.05, 0.1) is 18.4 Å². The molecule has 1 N–H and O–H groups in total. The Bertz CT molecular complexity index is 1130. The van der Waals surface area contributed by atoms with Gasteiger partial charge >= 0.3 is 6.09 Å². The van der Waals surface area contributed by atoms with Crippen LogP contribution in [0.3, 0.4) is 0 Å². The number of aromatic nitrogens is 2. The van der Waals surface area contributed by atoms with Crippen LogP contribution in [-0.2, 0) is 11.2 Å². The number of benzene rings is 2. The number of carbonyl (C=O) groups is 2. The Morgan fingerprint density at radius 1 is 1.09 bits per heavy atom. The van der Waals surface area contributed by atoms with E-state index in [4.69, 9.17) is 9.84 Å². The molecule has 0 saturated carbocycles. The molecule has 0 unspecified atom stereocenters. The van der Waals surface area contributed by atoms with Gasteiger partial charge < -0.3 is 15.0 Å². The van der Waals surface area contributed by atoms with Gasteiger partial charge in [0, 0.05) is 30.9 Å². The minimum absolute atomic E-state index is 0.00413. The Labute approximate surface area is 194 Å². The summed E-state index contributed by atoms with van der Waals surface area (Å²) in [7, 11) is 1.39. The first kappa shape index (κ1) is 22.6. The Kier molecular flexibility index (Phi) is 6.77. The molecule has 7 heteroatoms. The minimum atomic E-state index is -0.322. The highest BCUT2D eigenvalue weighted by atomic mass is 16.5. The molecule has 1 aliphatic heterocycles. The highest BCUT2D eigenvalue weighted by Gasteiger charge is 2.26. The van der Waals surface area contributed by atoms with Crippen LogP contribution in [0.25, 0.3) is 16.9 Å². The minimum Gasteiger partial charge on any atom is -0.453 e. The molecule has 1 aliphatic rings. The fraction of sp³-hybridized carbons (Fsp3) is 0.346. The zero-order valence-electron chi connectivity index (χ0n) is 19.4. The second kappa shape index (κ2) is 9.90. The fourth-order valence-corrected chi connectivity index (χ4v) is 4.19. The van der Waals surface area contributed by atoms with E-state index in [-0.39, 0.29) is 18.0 Å². The number of carbonyl (C=O) groups excluding carboxylic acids is 2. The number of aryl methyl sites for hydroxylation is 2. The van der Waals surface area contributed by atoms with E-state index in [1.807, 2.05) is 49.5 Å². The number of hydrogen-bond donors (Lipinski definition) is 1.